The van der Waals surface area contributed by atoms with E-state index in [4.69, 9.17) is 21.4 Å². The van der Waals surface area contributed by atoms with Gasteiger partial charge < -0.3 is 9.84 Å². The van der Waals surface area contributed by atoms with E-state index in [1.54, 1.807) is 19.1 Å². The van der Waals surface area contributed by atoms with Gasteiger partial charge in [0.15, 0.2) is 9.84 Å². The van der Waals surface area contributed by atoms with Gasteiger partial charge in [-0.05, 0) is 61.9 Å². The summed E-state index contributed by atoms with van der Waals surface area (Å²) in [7, 11) is -3.61. The number of aromatic nitrogens is 2. The molecule has 11 heteroatoms. The van der Waals surface area contributed by atoms with Gasteiger partial charge in [0.1, 0.15) is 17.0 Å². The van der Waals surface area contributed by atoms with Crippen LogP contribution in [0.2, 0.25) is 5.02 Å². The first-order valence-electron chi connectivity index (χ1n) is 10.8. The minimum atomic E-state index is -4.61. The van der Waals surface area contributed by atoms with Crippen LogP contribution in [0, 0.1) is 6.92 Å². The predicted octanol–water partition coefficient (Wildman–Crippen LogP) is 6.23. The number of alkyl halides is 3. The SMILES string of the molecule is Cc1nc2cccc(C(F)(F)F)c2nc1-c1cc(Oc2cccc(S(=O)(=O)CCCO)c2)ccc1Cl. The lowest BCUT2D eigenvalue weighted by Gasteiger charge is -2.14. The van der Waals surface area contributed by atoms with E-state index in [0.717, 1.165) is 6.07 Å². The van der Waals surface area contributed by atoms with E-state index in [1.165, 1.54) is 42.5 Å². The number of ether oxygens (including phenoxy) is 1. The third-order valence-electron chi connectivity index (χ3n) is 5.34. The van der Waals surface area contributed by atoms with Crippen molar-refractivity contribution in [2.24, 2.45) is 0 Å². The van der Waals surface area contributed by atoms with Gasteiger partial charge in [-0.1, -0.05) is 23.7 Å². The van der Waals surface area contributed by atoms with Crippen molar-refractivity contribution in [2.45, 2.75) is 24.4 Å². The summed E-state index contributed by atoms with van der Waals surface area (Å²) in [4.78, 5) is 8.61. The van der Waals surface area contributed by atoms with Gasteiger partial charge in [0, 0.05) is 12.2 Å². The monoisotopic (exact) mass is 536 g/mol. The first-order valence-corrected chi connectivity index (χ1v) is 12.8. The molecule has 0 aliphatic heterocycles. The smallest absolute Gasteiger partial charge is 0.418 e. The molecule has 1 aromatic heterocycles. The van der Waals surface area contributed by atoms with Crippen molar-refractivity contribution >= 4 is 32.5 Å². The molecule has 188 valence electrons. The maximum Gasteiger partial charge on any atom is 0.418 e. The zero-order chi connectivity index (χ0) is 26.1. The highest BCUT2D eigenvalue weighted by Gasteiger charge is 2.33. The Morgan fingerprint density at radius 2 is 1.72 bits per heavy atom. The molecule has 36 heavy (non-hydrogen) atoms. The molecule has 4 aromatic rings. The molecule has 0 saturated heterocycles. The third-order valence-corrected chi connectivity index (χ3v) is 7.47. The lowest BCUT2D eigenvalue weighted by molar-refractivity contribution is -0.136. The molecule has 0 fully saturated rings. The van der Waals surface area contributed by atoms with Crippen molar-refractivity contribution in [1.82, 2.24) is 9.97 Å². The number of fused-ring (bicyclic) bond motifs is 1. The zero-order valence-corrected chi connectivity index (χ0v) is 20.5. The second kappa shape index (κ2) is 10.0. The van der Waals surface area contributed by atoms with Gasteiger partial charge in [-0.25, -0.2) is 18.4 Å². The molecular weight excluding hydrogens is 517 g/mol. The average Bonchev–Trinajstić information content (AvgIpc) is 2.83. The highest BCUT2D eigenvalue weighted by atomic mass is 35.5. The fraction of sp³-hybridized carbons (Fsp3) is 0.200. The summed E-state index contributed by atoms with van der Waals surface area (Å²) < 4.78 is 71.4. The van der Waals surface area contributed by atoms with Crippen molar-refractivity contribution in [2.75, 3.05) is 12.4 Å². The minimum absolute atomic E-state index is 0.0403. The number of rotatable bonds is 7. The molecule has 0 amide bonds. The minimum Gasteiger partial charge on any atom is -0.457 e. The summed E-state index contributed by atoms with van der Waals surface area (Å²) in [6.07, 6.45) is -4.51. The van der Waals surface area contributed by atoms with Crippen molar-refractivity contribution in [3.8, 4) is 22.8 Å². The number of halogens is 4. The summed E-state index contributed by atoms with van der Waals surface area (Å²) in [5.74, 6) is 0.288. The fourth-order valence-corrected chi connectivity index (χ4v) is 5.17. The van der Waals surface area contributed by atoms with Gasteiger partial charge in [-0.15, -0.1) is 0 Å². The van der Waals surface area contributed by atoms with E-state index in [-0.39, 0.29) is 56.9 Å². The van der Waals surface area contributed by atoms with Gasteiger partial charge in [0.05, 0.1) is 38.1 Å². The van der Waals surface area contributed by atoms with Crippen molar-refractivity contribution < 1.29 is 31.4 Å². The molecule has 6 nitrogen and oxygen atoms in total. The molecule has 0 atom stereocenters. The Bertz CT molecular complexity index is 1540. The number of para-hydroxylation sites is 1. The van der Waals surface area contributed by atoms with Gasteiger partial charge >= 0.3 is 6.18 Å². The molecule has 0 unspecified atom stereocenters. The quantitative estimate of drug-likeness (QED) is 0.301. The Morgan fingerprint density at radius 3 is 2.44 bits per heavy atom. The van der Waals surface area contributed by atoms with E-state index >= 15 is 0 Å². The molecule has 4 rings (SSSR count). The largest absolute Gasteiger partial charge is 0.457 e. The number of hydrogen-bond donors (Lipinski definition) is 1. The maximum atomic E-state index is 13.6. The second-order valence-corrected chi connectivity index (χ2v) is 10.5. The van der Waals surface area contributed by atoms with E-state index in [1.807, 2.05) is 0 Å². The van der Waals surface area contributed by atoms with Crippen molar-refractivity contribution in [3.05, 3.63) is 76.9 Å². The first kappa shape index (κ1) is 25.9. The highest BCUT2D eigenvalue weighted by molar-refractivity contribution is 7.91. The normalized spacial score (nSPS) is 12.2. The predicted molar refractivity (Wildman–Crippen MR) is 130 cm³/mol. The molecule has 0 radical (unpaired) electrons. The third kappa shape index (κ3) is 5.45. The molecule has 0 bridgehead atoms. The lowest BCUT2D eigenvalue weighted by Crippen LogP contribution is -2.08. The molecule has 3 aromatic carbocycles. The molecule has 1 heterocycles. The van der Waals surface area contributed by atoms with Crippen LogP contribution in [0.1, 0.15) is 17.7 Å². The van der Waals surface area contributed by atoms with Crippen LogP contribution in [0.4, 0.5) is 13.2 Å². The van der Waals surface area contributed by atoms with Crippen LogP contribution in [-0.4, -0.2) is 35.9 Å². The molecule has 0 aliphatic rings. The molecule has 0 spiro atoms. The number of aryl methyl sites for hydroxylation is 1. The Labute approximate surface area is 210 Å². The second-order valence-electron chi connectivity index (χ2n) is 7.94. The number of hydrogen-bond acceptors (Lipinski definition) is 6. The van der Waals surface area contributed by atoms with E-state index in [2.05, 4.69) is 9.97 Å². The number of aliphatic hydroxyl groups is 1. The Hall–Kier alpha value is -3.21. The number of sulfone groups is 1. The van der Waals surface area contributed by atoms with Crippen LogP contribution in [-0.2, 0) is 16.0 Å². The lowest BCUT2D eigenvalue weighted by atomic mass is 10.1. The molecule has 0 aliphatic carbocycles. The molecular formula is C25H20ClF3N2O4S. The maximum absolute atomic E-state index is 13.6. The van der Waals surface area contributed by atoms with Gasteiger partial charge in [-0.3, -0.25) is 0 Å². The number of nitrogens with zero attached hydrogens (tertiary/aromatic N) is 2. The van der Waals surface area contributed by atoms with Crippen LogP contribution in [0.5, 0.6) is 11.5 Å². The average molecular weight is 537 g/mol. The van der Waals surface area contributed by atoms with Crippen LogP contribution in [0.15, 0.2) is 65.6 Å². The Morgan fingerprint density at radius 1 is 1.00 bits per heavy atom. The molecule has 1 N–H and O–H groups in total. The summed E-state index contributed by atoms with van der Waals surface area (Å²) in [6, 6.07) is 14.1. The number of benzene rings is 3. The van der Waals surface area contributed by atoms with Gasteiger partial charge in [0.2, 0.25) is 0 Å². The van der Waals surface area contributed by atoms with Gasteiger partial charge in [0.25, 0.3) is 0 Å². The van der Waals surface area contributed by atoms with E-state index in [0.29, 0.717) is 11.3 Å². The van der Waals surface area contributed by atoms with Crippen LogP contribution in [0.25, 0.3) is 22.3 Å². The summed E-state index contributed by atoms with van der Waals surface area (Å²) in [5, 5.41) is 9.16. The first-order chi connectivity index (χ1) is 17.0. The van der Waals surface area contributed by atoms with E-state index < -0.39 is 21.6 Å². The molecule has 0 saturated carbocycles. The topological polar surface area (TPSA) is 89.4 Å². The summed E-state index contributed by atoms with van der Waals surface area (Å²) >= 11 is 6.37. The number of aliphatic hydroxyl groups excluding tert-OH is 1. The van der Waals surface area contributed by atoms with Crippen LogP contribution < -0.4 is 4.74 Å². The van der Waals surface area contributed by atoms with Crippen LogP contribution >= 0.6 is 11.6 Å². The van der Waals surface area contributed by atoms with Gasteiger partial charge in [-0.2, -0.15) is 13.2 Å². The highest BCUT2D eigenvalue weighted by Crippen LogP contribution is 2.38. The standard InChI is InChI=1S/C25H20ClF3N2O4S/c1-15-23(31-24-20(25(27,28)29)7-3-8-22(24)30-15)19-14-17(9-10-21(19)26)35-16-5-2-6-18(13-16)36(33,34)12-4-11-32/h2-3,5-10,13-14,32H,4,11-12H2,1H3. The van der Waals surface area contributed by atoms with Crippen molar-refractivity contribution in [3.63, 3.8) is 0 Å². The summed E-state index contributed by atoms with van der Waals surface area (Å²) in [6.45, 7) is 1.37. The fourth-order valence-electron chi connectivity index (χ4n) is 3.64. The summed E-state index contributed by atoms with van der Waals surface area (Å²) in [5.41, 5.74) is -0.253. The Balaban J connectivity index is 1.74. The Kier molecular flexibility index (Phi) is 7.21. The van der Waals surface area contributed by atoms with Crippen LogP contribution in [0.3, 0.4) is 0 Å². The zero-order valence-electron chi connectivity index (χ0n) is 18.9. The van der Waals surface area contributed by atoms with E-state index in [9.17, 15) is 21.6 Å². The van der Waals surface area contributed by atoms with Crippen molar-refractivity contribution in [1.29, 1.82) is 0 Å².